The van der Waals surface area contributed by atoms with Gasteiger partial charge < -0.3 is 0 Å². The molecule has 0 saturated heterocycles. The van der Waals surface area contributed by atoms with Gasteiger partial charge in [-0.25, -0.2) is 0 Å². The van der Waals surface area contributed by atoms with Gasteiger partial charge in [0.25, 0.3) is 0 Å². The molecule has 4 aromatic carbocycles. The molecule has 148 valence electrons. The Kier molecular flexibility index (Phi) is 6.55. The highest BCUT2D eigenvalue weighted by Crippen LogP contribution is 2.27. The molecule has 0 heteroatoms. The second kappa shape index (κ2) is 9.29. The Labute approximate surface area is 180 Å². The van der Waals surface area contributed by atoms with Crippen LogP contribution in [0.5, 0.6) is 0 Å². The van der Waals surface area contributed by atoms with E-state index in [-0.39, 0.29) is 5.41 Å². The number of hydrogen-bond acceptors (Lipinski definition) is 0. The molecule has 4 rings (SSSR count). The summed E-state index contributed by atoms with van der Waals surface area (Å²) >= 11 is 0. The average Bonchev–Trinajstić information content (AvgIpc) is 2.78. The van der Waals surface area contributed by atoms with E-state index in [1.165, 1.54) is 27.5 Å². The third-order valence-corrected chi connectivity index (χ3v) is 5.08. The minimum Gasteiger partial charge on any atom is -0.106 e. The van der Waals surface area contributed by atoms with Gasteiger partial charge in [-0.3, -0.25) is 0 Å². The molecule has 0 unspecified atom stereocenters. The van der Waals surface area contributed by atoms with Crippen LogP contribution in [0, 0.1) is 11.8 Å². The topological polar surface area (TPSA) is 0 Å². The van der Waals surface area contributed by atoms with E-state index in [9.17, 15) is 0 Å². The quantitative estimate of drug-likeness (QED) is 0.229. The van der Waals surface area contributed by atoms with Crippen LogP contribution >= 0.6 is 0 Å². The van der Waals surface area contributed by atoms with E-state index in [0.717, 1.165) is 11.1 Å². The molecule has 0 aliphatic rings. The van der Waals surface area contributed by atoms with E-state index >= 15 is 0 Å². The average molecular weight is 389 g/mol. The maximum Gasteiger partial charge on any atom is 0.0327 e. The molecule has 0 heterocycles. The minimum atomic E-state index is 0.161. The number of fused-ring (bicyclic) bond motifs is 1. The molecule has 0 N–H and O–H groups in total. The van der Waals surface area contributed by atoms with Crippen LogP contribution in [0.3, 0.4) is 0 Å². The van der Waals surface area contributed by atoms with Crippen LogP contribution < -0.4 is 0 Å². The van der Waals surface area contributed by atoms with E-state index in [1.807, 2.05) is 0 Å². The lowest BCUT2D eigenvalue weighted by Crippen LogP contribution is -2.10. The van der Waals surface area contributed by atoms with Crippen molar-refractivity contribution >= 4 is 10.8 Å². The van der Waals surface area contributed by atoms with Crippen molar-refractivity contribution < 1.29 is 0 Å². The highest BCUT2D eigenvalue weighted by atomic mass is 14.2. The summed E-state index contributed by atoms with van der Waals surface area (Å²) in [5.41, 5.74) is 5.96. The van der Waals surface area contributed by atoms with Crippen LogP contribution in [0.25, 0.3) is 21.9 Å². The van der Waals surface area contributed by atoms with Gasteiger partial charge in [0, 0.05) is 11.1 Å². The van der Waals surface area contributed by atoms with Crippen molar-refractivity contribution in [3.63, 3.8) is 0 Å². The number of benzene rings is 4. The summed E-state index contributed by atoms with van der Waals surface area (Å²) in [6.45, 7) is 12.7. The number of hydrogen-bond donors (Lipinski definition) is 0. The molecular weight excluding hydrogens is 360 g/mol. The normalized spacial score (nSPS) is 10.5. The molecule has 0 amide bonds. The largest absolute Gasteiger partial charge is 0.106 e. The molecule has 0 saturated carbocycles. The first kappa shape index (κ1) is 21.2. The maximum atomic E-state index is 3.38. The molecule has 0 aliphatic heterocycles. The molecule has 0 atom stereocenters. The Morgan fingerprint density at radius 2 is 1.27 bits per heavy atom. The summed E-state index contributed by atoms with van der Waals surface area (Å²) in [7, 11) is 0. The Balaban J connectivity index is 0.00000124. The molecule has 4 aromatic rings. The fourth-order valence-electron chi connectivity index (χ4n) is 3.39. The third-order valence-electron chi connectivity index (χ3n) is 5.08. The van der Waals surface area contributed by atoms with Crippen LogP contribution in [-0.2, 0) is 5.41 Å². The smallest absolute Gasteiger partial charge is 0.0327 e. The van der Waals surface area contributed by atoms with Crippen LogP contribution in [0.4, 0.5) is 0 Å². The monoisotopic (exact) mass is 388 g/mol. The van der Waals surface area contributed by atoms with Crippen molar-refractivity contribution in [2.45, 2.75) is 26.2 Å². The van der Waals surface area contributed by atoms with E-state index < -0.39 is 0 Å². The minimum absolute atomic E-state index is 0.161. The van der Waals surface area contributed by atoms with Crippen molar-refractivity contribution in [2.24, 2.45) is 0 Å². The lowest BCUT2D eigenvalue weighted by Gasteiger charge is -2.18. The molecule has 0 aliphatic carbocycles. The van der Waals surface area contributed by atoms with Gasteiger partial charge in [-0.15, -0.1) is 13.2 Å². The second-order valence-corrected chi connectivity index (χ2v) is 8.18. The molecular formula is C30H28. The van der Waals surface area contributed by atoms with Crippen LogP contribution in [0.2, 0.25) is 0 Å². The van der Waals surface area contributed by atoms with E-state index in [1.54, 1.807) is 0 Å². The van der Waals surface area contributed by atoms with E-state index in [0.29, 0.717) is 0 Å². The van der Waals surface area contributed by atoms with Crippen molar-refractivity contribution in [1.29, 1.82) is 0 Å². The molecule has 0 fully saturated rings. The molecule has 0 bridgehead atoms. The Morgan fingerprint density at radius 1 is 0.633 bits per heavy atom. The van der Waals surface area contributed by atoms with Gasteiger partial charge in [0.15, 0.2) is 0 Å². The predicted molar refractivity (Wildman–Crippen MR) is 132 cm³/mol. The van der Waals surface area contributed by atoms with Crippen molar-refractivity contribution in [3.05, 3.63) is 121 Å². The standard InChI is InChI=1S/C28H24.C2H4/c1-28(2,3)26-18-13-21(14-19-26)12-15-23-9-6-7-11-27(23)25-17-16-22-8-4-5-10-24(22)20-25;1-2/h4-11,13-14,16-20H,1-3H3;1-2H2. The molecule has 0 nitrogen and oxygen atoms in total. The van der Waals surface area contributed by atoms with Crippen molar-refractivity contribution in [1.82, 2.24) is 0 Å². The third kappa shape index (κ3) is 4.88. The highest BCUT2D eigenvalue weighted by Gasteiger charge is 2.12. The van der Waals surface area contributed by atoms with Crippen LogP contribution in [0.1, 0.15) is 37.5 Å². The zero-order chi connectivity index (χ0) is 21.6. The molecule has 0 aromatic heterocycles. The Bertz CT molecular complexity index is 1190. The summed E-state index contributed by atoms with van der Waals surface area (Å²) in [6.07, 6.45) is 0. The van der Waals surface area contributed by atoms with Gasteiger partial charge in [0.1, 0.15) is 0 Å². The molecule has 0 radical (unpaired) electrons. The van der Waals surface area contributed by atoms with Gasteiger partial charge in [-0.05, 0) is 57.1 Å². The summed E-state index contributed by atoms with van der Waals surface area (Å²) < 4.78 is 0. The highest BCUT2D eigenvalue weighted by molar-refractivity contribution is 5.88. The van der Waals surface area contributed by atoms with Gasteiger partial charge in [-0.1, -0.05) is 99.3 Å². The summed E-state index contributed by atoms with van der Waals surface area (Å²) in [6, 6.07) is 32.0. The number of rotatable bonds is 1. The summed E-state index contributed by atoms with van der Waals surface area (Å²) in [5, 5.41) is 2.51. The van der Waals surface area contributed by atoms with E-state index in [4.69, 9.17) is 0 Å². The zero-order valence-electron chi connectivity index (χ0n) is 18.1. The zero-order valence-corrected chi connectivity index (χ0v) is 18.1. The second-order valence-electron chi connectivity index (χ2n) is 8.18. The first-order chi connectivity index (χ1) is 14.5. The lowest BCUT2D eigenvalue weighted by molar-refractivity contribution is 0.590. The van der Waals surface area contributed by atoms with Gasteiger partial charge in [0.2, 0.25) is 0 Å². The van der Waals surface area contributed by atoms with Crippen molar-refractivity contribution in [3.8, 4) is 23.0 Å². The van der Waals surface area contributed by atoms with Gasteiger partial charge in [-0.2, -0.15) is 0 Å². The first-order valence-electron chi connectivity index (χ1n) is 10.2. The van der Waals surface area contributed by atoms with Gasteiger partial charge in [0.05, 0.1) is 0 Å². The predicted octanol–water partition coefficient (Wildman–Crippen LogP) is 8.01. The Hall–Kier alpha value is -3.56. The lowest BCUT2D eigenvalue weighted by atomic mass is 9.87. The van der Waals surface area contributed by atoms with Crippen LogP contribution in [0.15, 0.2) is 104 Å². The maximum absolute atomic E-state index is 3.38. The fraction of sp³-hybridized carbons (Fsp3) is 0.133. The summed E-state index contributed by atoms with van der Waals surface area (Å²) in [5.74, 6) is 6.72. The molecule has 0 spiro atoms. The fourth-order valence-corrected chi connectivity index (χ4v) is 3.39. The van der Waals surface area contributed by atoms with E-state index in [2.05, 4.69) is 137 Å². The van der Waals surface area contributed by atoms with Crippen LogP contribution in [-0.4, -0.2) is 0 Å². The first-order valence-corrected chi connectivity index (χ1v) is 10.2. The van der Waals surface area contributed by atoms with Crippen molar-refractivity contribution in [2.75, 3.05) is 0 Å². The Morgan fingerprint density at radius 3 is 1.97 bits per heavy atom. The molecule has 30 heavy (non-hydrogen) atoms. The summed E-state index contributed by atoms with van der Waals surface area (Å²) in [4.78, 5) is 0. The SMILES string of the molecule is C=C.CC(C)(C)c1ccc(C#Cc2ccccc2-c2ccc3ccccc3c2)cc1. The van der Waals surface area contributed by atoms with Gasteiger partial charge >= 0.3 is 0 Å².